The van der Waals surface area contributed by atoms with Crippen LogP contribution in [-0.2, 0) is 23.9 Å². The molecule has 3 amide bonds. The van der Waals surface area contributed by atoms with Crippen LogP contribution in [0.25, 0.3) is 0 Å². The summed E-state index contributed by atoms with van der Waals surface area (Å²) in [5.74, 6) is -3.59. The van der Waals surface area contributed by atoms with E-state index in [4.69, 9.17) is 4.74 Å². The summed E-state index contributed by atoms with van der Waals surface area (Å²) in [4.78, 5) is 55.6. The number of nitrogens with one attached hydrogen (secondary N) is 1. The fraction of sp³-hybridized carbons (Fsp3) is 0.333. The number of aryl methyl sites for hydroxylation is 1. The summed E-state index contributed by atoms with van der Waals surface area (Å²) in [6.45, 7) is 5.19. The van der Waals surface area contributed by atoms with Gasteiger partial charge in [-0.15, -0.1) is 0 Å². The lowest BCUT2D eigenvalue weighted by atomic mass is 9.55. The standard InChI is InChI=1S/C33H31BrN2O5/c1-17(2)14-25(33(40)41-16-26(37)35-24-13-12-19(34)15-18(24)3)36-31(38)29-27-20-8-4-5-9-21(20)28(30(29)32(36)39)23-11-7-6-10-22(23)27/h4-13,15,17,25,27-30H,14,16H2,1-3H3,(H,35,37)/t25-,27?,28?,29-,30-/m0/s1. The molecule has 0 spiro atoms. The fourth-order valence-electron chi connectivity index (χ4n) is 6.95. The zero-order valence-electron chi connectivity index (χ0n) is 23.1. The lowest BCUT2D eigenvalue weighted by Gasteiger charge is -2.45. The number of esters is 1. The molecular formula is C33H31BrN2O5. The van der Waals surface area contributed by atoms with Gasteiger partial charge in [0.2, 0.25) is 11.8 Å². The molecule has 0 radical (unpaired) electrons. The van der Waals surface area contributed by atoms with Crippen LogP contribution in [0.15, 0.2) is 71.2 Å². The summed E-state index contributed by atoms with van der Waals surface area (Å²) in [6.07, 6.45) is 0.248. The highest BCUT2D eigenvalue weighted by Crippen LogP contribution is 2.61. The minimum Gasteiger partial charge on any atom is -0.454 e. The van der Waals surface area contributed by atoms with Crippen LogP contribution in [0.2, 0.25) is 0 Å². The van der Waals surface area contributed by atoms with E-state index in [1.807, 2.05) is 75.4 Å². The molecule has 1 aliphatic heterocycles. The molecule has 3 aromatic carbocycles. The summed E-state index contributed by atoms with van der Waals surface area (Å²) in [5, 5.41) is 2.76. The summed E-state index contributed by atoms with van der Waals surface area (Å²) in [5.41, 5.74) is 5.75. The highest BCUT2D eigenvalue weighted by atomic mass is 79.9. The average molecular weight is 616 g/mol. The van der Waals surface area contributed by atoms with Crippen molar-refractivity contribution in [1.29, 1.82) is 0 Å². The van der Waals surface area contributed by atoms with Crippen LogP contribution in [0.4, 0.5) is 5.69 Å². The molecule has 1 N–H and O–H groups in total. The van der Waals surface area contributed by atoms with E-state index in [-0.39, 0.29) is 36.0 Å². The molecule has 7 nitrogen and oxygen atoms in total. The summed E-state index contributed by atoms with van der Waals surface area (Å²) in [6, 6.07) is 20.4. The van der Waals surface area contributed by atoms with Gasteiger partial charge in [-0.1, -0.05) is 78.3 Å². The Labute approximate surface area is 247 Å². The van der Waals surface area contributed by atoms with Crippen LogP contribution in [0.5, 0.6) is 0 Å². The number of halogens is 1. The van der Waals surface area contributed by atoms with Gasteiger partial charge in [0.05, 0.1) is 11.8 Å². The lowest BCUT2D eigenvalue weighted by molar-refractivity contribution is -0.160. The first-order valence-corrected chi connectivity index (χ1v) is 14.7. The van der Waals surface area contributed by atoms with Crippen molar-refractivity contribution in [3.63, 3.8) is 0 Å². The van der Waals surface area contributed by atoms with Crippen molar-refractivity contribution in [2.24, 2.45) is 17.8 Å². The summed E-state index contributed by atoms with van der Waals surface area (Å²) < 4.78 is 6.34. The number of carbonyl (C=O) groups is 4. The second-order valence-corrected chi connectivity index (χ2v) is 12.5. The first-order chi connectivity index (χ1) is 19.7. The third kappa shape index (κ3) is 4.58. The van der Waals surface area contributed by atoms with Gasteiger partial charge in [0.25, 0.3) is 5.91 Å². The second kappa shape index (κ2) is 10.6. The second-order valence-electron chi connectivity index (χ2n) is 11.6. The number of anilines is 1. The van der Waals surface area contributed by atoms with Gasteiger partial charge in [-0.3, -0.25) is 19.3 Å². The zero-order valence-corrected chi connectivity index (χ0v) is 24.7. The van der Waals surface area contributed by atoms with Crippen LogP contribution in [-0.4, -0.2) is 41.2 Å². The maximum absolute atomic E-state index is 14.1. The molecule has 3 aliphatic carbocycles. The SMILES string of the molecule is Cc1cc(Br)ccc1NC(=O)COC(=O)[C@H](CC(C)C)N1C(=O)[C@H]2C3c4ccccc4C(c4ccccc43)[C@@H]2C1=O. The molecule has 7 rings (SSSR count). The Morgan fingerprint density at radius 1 is 0.878 bits per heavy atom. The largest absolute Gasteiger partial charge is 0.454 e. The molecule has 0 unspecified atom stereocenters. The summed E-state index contributed by atoms with van der Waals surface area (Å²) >= 11 is 3.40. The van der Waals surface area contributed by atoms with Crippen molar-refractivity contribution in [3.8, 4) is 0 Å². The van der Waals surface area contributed by atoms with Gasteiger partial charge in [-0.05, 0) is 65.3 Å². The van der Waals surface area contributed by atoms with Crippen LogP contribution < -0.4 is 5.32 Å². The van der Waals surface area contributed by atoms with Crippen molar-refractivity contribution in [3.05, 3.63) is 99.0 Å². The third-order valence-electron chi connectivity index (χ3n) is 8.57. The van der Waals surface area contributed by atoms with Gasteiger partial charge in [0, 0.05) is 22.0 Å². The minimum absolute atomic E-state index is 0.00105. The Hall–Kier alpha value is -3.78. The van der Waals surface area contributed by atoms with E-state index in [1.165, 1.54) is 0 Å². The minimum atomic E-state index is -1.10. The van der Waals surface area contributed by atoms with Crippen LogP contribution in [0, 0.1) is 24.7 Å². The van der Waals surface area contributed by atoms with Gasteiger partial charge >= 0.3 is 5.97 Å². The van der Waals surface area contributed by atoms with Gasteiger partial charge < -0.3 is 10.1 Å². The number of carbonyl (C=O) groups excluding carboxylic acids is 4. The maximum Gasteiger partial charge on any atom is 0.329 e. The van der Waals surface area contributed by atoms with Gasteiger partial charge in [0.1, 0.15) is 6.04 Å². The monoisotopic (exact) mass is 614 g/mol. The number of benzene rings is 3. The van der Waals surface area contributed by atoms with Crippen molar-refractivity contribution in [1.82, 2.24) is 4.90 Å². The molecule has 1 heterocycles. The molecule has 1 saturated heterocycles. The Morgan fingerprint density at radius 2 is 1.39 bits per heavy atom. The van der Waals surface area contributed by atoms with E-state index in [1.54, 1.807) is 12.1 Å². The third-order valence-corrected chi connectivity index (χ3v) is 9.06. The molecule has 3 atom stereocenters. The Kier molecular flexibility index (Phi) is 7.06. The maximum atomic E-state index is 14.1. The van der Waals surface area contributed by atoms with Crippen molar-refractivity contribution in [2.45, 2.75) is 45.1 Å². The molecule has 41 heavy (non-hydrogen) atoms. The van der Waals surface area contributed by atoms with Crippen molar-refractivity contribution in [2.75, 3.05) is 11.9 Å². The van der Waals surface area contributed by atoms with Crippen LogP contribution in [0.1, 0.15) is 59.9 Å². The smallest absolute Gasteiger partial charge is 0.329 e. The number of imide groups is 1. The Bertz CT molecular complexity index is 1470. The Balaban J connectivity index is 1.26. The first-order valence-electron chi connectivity index (χ1n) is 13.9. The predicted octanol–water partition coefficient (Wildman–Crippen LogP) is 5.55. The van der Waals surface area contributed by atoms with E-state index in [0.717, 1.165) is 37.2 Å². The molecule has 4 aliphatic rings. The molecular weight excluding hydrogens is 584 g/mol. The molecule has 2 bridgehead atoms. The average Bonchev–Trinajstić information content (AvgIpc) is 3.22. The number of ether oxygens (including phenoxy) is 1. The normalized spacial score (nSPS) is 22.7. The van der Waals surface area contributed by atoms with Gasteiger partial charge in [-0.25, -0.2) is 4.79 Å². The molecule has 0 aromatic heterocycles. The van der Waals surface area contributed by atoms with E-state index < -0.39 is 36.4 Å². The number of rotatable bonds is 7. The Morgan fingerprint density at radius 3 is 1.85 bits per heavy atom. The number of hydrogen-bond acceptors (Lipinski definition) is 5. The number of nitrogens with zero attached hydrogens (tertiary/aromatic N) is 1. The van der Waals surface area contributed by atoms with Gasteiger partial charge in [0.15, 0.2) is 6.61 Å². The highest BCUT2D eigenvalue weighted by molar-refractivity contribution is 9.10. The summed E-state index contributed by atoms with van der Waals surface area (Å²) in [7, 11) is 0. The number of amides is 3. The number of hydrogen-bond donors (Lipinski definition) is 1. The predicted molar refractivity (Wildman–Crippen MR) is 157 cm³/mol. The molecule has 8 heteroatoms. The van der Waals surface area contributed by atoms with E-state index >= 15 is 0 Å². The highest BCUT2D eigenvalue weighted by Gasteiger charge is 2.63. The fourth-order valence-corrected chi connectivity index (χ4v) is 7.42. The molecule has 0 saturated carbocycles. The molecule has 210 valence electrons. The number of likely N-dealkylation sites (tertiary alicyclic amines) is 1. The topological polar surface area (TPSA) is 92.8 Å². The quantitative estimate of drug-likeness (QED) is 0.278. The molecule has 3 aromatic rings. The lowest BCUT2D eigenvalue weighted by Crippen LogP contribution is -2.47. The first kappa shape index (κ1) is 27.4. The van der Waals surface area contributed by atoms with E-state index in [0.29, 0.717) is 5.69 Å². The van der Waals surface area contributed by atoms with E-state index in [2.05, 4.69) is 21.2 Å². The molecule has 1 fully saturated rings. The zero-order chi connectivity index (χ0) is 29.0. The van der Waals surface area contributed by atoms with Crippen molar-refractivity contribution >= 4 is 45.3 Å². The van der Waals surface area contributed by atoms with Crippen LogP contribution in [0.3, 0.4) is 0 Å². The van der Waals surface area contributed by atoms with Crippen molar-refractivity contribution < 1.29 is 23.9 Å². The van der Waals surface area contributed by atoms with Gasteiger partial charge in [-0.2, -0.15) is 0 Å². The van der Waals surface area contributed by atoms with Crippen LogP contribution >= 0.6 is 15.9 Å². The van der Waals surface area contributed by atoms with E-state index in [9.17, 15) is 19.2 Å².